The van der Waals surface area contributed by atoms with Crippen molar-refractivity contribution in [3.05, 3.63) is 53.1 Å². The van der Waals surface area contributed by atoms with Gasteiger partial charge in [-0.05, 0) is 74.0 Å². The van der Waals surface area contributed by atoms with Gasteiger partial charge in [0, 0.05) is 25.2 Å². The number of methoxy groups -OCH3 is 3. The van der Waals surface area contributed by atoms with E-state index in [-0.39, 0.29) is 29.6 Å². The minimum absolute atomic E-state index is 0.0976. The van der Waals surface area contributed by atoms with Crippen LogP contribution in [-0.4, -0.2) is 84.7 Å². The molecule has 1 amide bonds. The van der Waals surface area contributed by atoms with Crippen LogP contribution in [0, 0.1) is 0 Å². The topological polar surface area (TPSA) is 114 Å². The lowest BCUT2D eigenvalue weighted by Gasteiger charge is -2.36. The van der Waals surface area contributed by atoms with Gasteiger partial charge < -0.3 is 24.0 Å². The van der Waals surface area contributed by atoms with Crippen LogP contribution in [0.15, 0.2) is 41.3 Å². The van der Waals surface area contributed by atoms with E-state index in [1.165, 1.54) is 32.3 Å². The number of ether oxygens (including phenoxy) is 3. The van der Waals surface area contributed by atoms with E-state index in [0.29, 0.717) is 35.4 Å². The molecule has 11 heteroatoms. The summed E-state index contributed by atoms with van der Waals surface area (Å²) in [5.41, 5.74) is 1.48. The van der Waals surface area contributed by atoms with E-state index in [0.717, 1.165) is 13.0 Å². The second-order valence-electron chi connectivity index (χ2n) is 8.81. The van der Waals surface area contributed by atoms with E-state index in [2.05, 4.69) is 11.6 Å². The molecule has 10 nitrogen and oxygen atoms in total. The normalized spacial score (nSPS) is 15.3. The first kappa shape index (κ1) is 28.4. The van der Waals surface area contributed by atoms with Crippen molar-refractivity contribution >= 4 is 21.9 Å². The van der Waals surface area contributed by atoms with Crippen molar-refractivity contribution in [2.75, 3.05) is 54.6 Å². The highest BCUT2D eigenvalue weighted by molar-refractivity contribution is 7.89. The molecule has 1 unspecified atom stereocenters. The summed E-state index contributed by atoms with van der Waals surface area (Å²) < 4.78 is 44.8. The SMILES string of the molecule is CCCN(C)CCNS(=O)(=O)c1cc2c(cc1OC)CCN(C(=O)c1ccc(OC)cc1)C2C(=O)OC. The Morgan fingerprint density at radius 2 is 1.78 bits per heavy atom. The highest BCUT2D eigenvalue weighted by Crippen LogP contribution is 2.37. The van der Waals surface area contributed by atoms with Crippen molar-refractivity contribution in [3.8, 4) is 11.5 Å². The molecule has 1 atom stereocenters. The summed E-state index contributed by atoms with van der Waals surface area (Å²) >= 11 is 0. The molecule has 0 saturated carbocycles. The average Bonchev–Trinajstić information content (AvgIpc) is 2.90. The lowest BCUT2D eigenvalue weighted by molar-refractivity contribution is -0.146. The smallest absolute Gasteiger partial charge is 0.333 e. The Bertz CT molecular complexity index is 1220. The molecule has 0 spiro atoms. The lowest BCUT2D eigenvalue weighted by Crippen LogP contribution is -2.44. The Kier molecular flexibility index (Phi) is 9.52. The summed E-state index contributed by atoms with van der Waals surface area (Å²) in [4.78, 5) is 29.7. The third-order valence-electron chi connectivity index (χ3n) is 6.36. The number of hydrogen-bond acceptors (Lipinski definition) is 8. The van der Waals surface area contributed by atoms with Crippen molar-refractivity contribution in [3.63, 3.8) is 0 Å². The Hall–Kier alpha value is -3.15. The molecule has 3 rings (SSSR count). The van der Waals surface area contributed by atoms with Gasteiger partial charge in [-0.1, -0.05) is 6.92 Å². The maximum absolute atomic E-state index is 13.4. The van der Waals surface area contributed by atoms with Crippen LogP contribution in [-0.2, 0) is 26.0 Å². The molecule has 0 radical (unpaired) electrons. The Labute approximate surface area is 218 Å². The van der Waals surface area contributed by atoms with E-state index >= 15 is 0 Å². The quantitative estimate of drug-likeness (QED) is 0.438. The number of hydrogen-bond donors (Lipinski definition) is 1. The molecule has 2 aromatic rings. The fourth-order valence-corrected chi connectivity index (χ4v) is 5.63. The number of rotatable bonds is 11. The van der Waals surface area contributed by atoms with Gasteiger partial charge in [0.1, 0.15) is 16.4 Å². The summed E-state index contributed by atoms with van der Waals surface area (Å²) in [6, 6.07) is 8.50. The number of likely N-dealkylation sites (N-methyl/N-ethyl adjacent to an activating group) is 1. The first-order chi connectivity index (χ1) is 17.7. The minimum Gasteiger partial charge on any atom is -0.497 e. The molecular formula is C26H35N3O7S. The van der Waals surface area contributed by atoms with E-state index in [9.17, 15) is 18.0 Å². The molecule has 0 fully saturated rings. The van der Waals surface area contributed by atoms with Gasteiger partial charge in [0.2, 0.25) is 10.0 Å². The minimum atomic E-state index is -3.97. The van der Waals surface area contributed by atoms with Crippen molar-refractivity contribution < 1.29 is 32.2 Å². The first-order valence-corrected chi connectivity index (χ1v) is 13.6. The molecule has 0 aromatic heterocycles. The maximum Gasteiger partial charge on any atom is 0.333 e. The van der Waals surface area contributed by atoms with Crippen LogP contribution in [0.5, 0.6) is 11.5 Å². The molecule has 1 heterocycles. The maximum atomic E-state index is 13.4. The molecule has 1 N–H and O–H groups in total. The van der Waals surface area contributed by atoms with Crippen LogP contribution in [0.4, 0.5) is 0 Å². The molecule has 0 aliphatic carbocycles. The van der Waals surface area contributed by atoms with Crippen LogP contribution in [0.3, 0.4) is 0 Å². The van der Waals surface area contributed by atoms with Crippen molar-refractivity contribution in [2.45, 2.75) is 30.7 Å². The molecule has 0 saturated heterocycles. The van der Waals surface area contributed by atoms with Gasteiger partial charge in [-0.3, -0.25) is 4.79 Å². The number of carbonyl (C=O) groups excluding carboxylic acids is 2. The van der Waals surface area contributed by atoms with Gasteiger partial charge in [0.05, 0.1) is 21.3 Å². The monoisotopic (exact) mass is 533 g/mol. The summed E-state index contributed by atoms with van der Waals surface area (Å²) in [5.74, 6) is -0.265. The summed E-state index contributed by atoms with van der Waals surface area (Å²) in [6.07, 6.45) is 1.37. The number of amides is 1. The summed E-state index contributed by atoms with van der Waals surface area (Å²) in [5, 5.41) is 0. The Morgan fingerprint density at radius 1 is 1.08 bits per heavy atom. The molecular weight excluding hydrogens is 498 g/mol. The van der Waals surface area contributed by atoms with Gasteiger partial charge >= 0.3 is 5.97 Å². The second-order valence-corrected chi connectivity index (χ2v) is 10.5. The van der Waals surface area contributed by atoms with E-state index in [4.69, 9.17) is 14.2 Å². The second kappa shape index (κ2) is 12.4. The molecule has 0 bridgehead atoms. The largest absolute Gasteiger partial charge is 0.497 e. The number of fused-ring (bicyclic) bond motifs is 1. The predicted octanol–water partition coefficient (Wildman–Crippen LogP) is 2.24. The number of esters is 1. The Balaban J connectivity index is 1.99. The van der Waals surface area contributed by atoms with Crippen molar-refractivity contribution in [1.82, 2.24) is 14.5 Å². The van der Waals surface area contributed by atoms with Gasteiger partial charge in [-0.25, -0.2) is 17.9 Å². The van der Waals surface area contributed by atoms with Crippen LogP contribution in [0.25, 0.3) is 0 Å². The molecule has 1 aliphatic rings. The van der Waals surface area contributed by atoms with Crippen molar-refractivity contribution in [1.29, 1.82) is 0 Å². The molecule has 1 aliphatic heterocycles. The molecule has 202 valence electrons. The van der Waals surface area contributed by atoms with Crippen LogP contribution in [0.2, 0.25) is 0 Å². The number of benzene rings is 2. The van der Waals surface area contributed by atoms with Gasteiger partial charge in [-0.2, -0.15) is 0 Å². The van der Waals surface area contributed by atoms with Gasteiger partial charge in [0.15, 0.2) is 6.04 Å². The van der Waals surface area contributed by atoms with E-state index < -0.39 is 22.0 Å². The first-order valence-electron chi connectivity index (χ1n) is 12.1. The fraction of sp³-hybridized carbons (Fsp3) is 0.462. The van der Waals surface area contributed by atoms with Crippen molar-refractivity contribution in [2.24, 2.45) is 0 Å². The number of nitrogens with one attached hydrogen (secondary N) is 1. The number of carbonyl (C=O) groups is 2. The van der Waals surface area contributed by atoms with Gasteiger partial charge in [0.25, 0.3) is 5.91 Å². The highest BCUT2D eigenvalue weighted by Gasteiger charge is 2.39. The average molecular weight is 534 g/mol. The van der Waals surface area contributed by atoms with Gasteiger partial charge in [-0.15, -0.1) is 0 Å². The molecule has 2 aromatic carbocycles. The van der Waals surface area contributed by atoms with E-state index in [1.54, 1.807) is 30.3 Å². The molecule has 37 heavy (non-hydrogen) atoms. The van der Waals surface area contributed by atoms with E-state index in [1.807, 2.05) is 11.9 Å². The zero-order valence-corrected chi connectivity index (χ0v) is 22.8. The highest BCUT2D eigenvalue weighted by atomic mass is 32.2. The third-order valence-corrected chi connectivity index (χ3v) is 7.84. The number of sulfonamides is 1. The summed E-state index contributed by atoms with van der Waals surface area (Å²) in [7, 11) is 2.12. The number of nitrogens with zero attached hydrogens (tertiary/aromatic N) is 2. The zero-order chi connectivity index (χ0) is 27.2. The lowest BCUT2D eigenvalue weighted by atomic mass is 9.91. The fourth-order valence-electron chi connectivity index (χ4n) is 4.42. The van der Waals surface area contributed by atoms with Crippen LogP contribution in [0.1, 0.15) is 40.9 Å². The predicted molar refractivity (Wildman–Crippen MR) is 138 cm³/mol. The van der Waals surface area contributed by atoms with Crippen LogP contribution >= 0.6 is 0 Å². The summed E-state index contributed by atoms with van der Waals surface area (Å²) in [6.45, 7) is 3.90. The zero-order valence-electron chi connectivity index (χ0n) is 21.9. The standard InChI is InChI=1S/C26H35N3O7S/c1-6-13-28(2)15-12-27-37(32,33)23-17-21-19(16-22(23)35-4)11-14-29(24(21)26(31)36-5)25(30)18-7-9-20(34-3)10-8-18/h7-10,16-17,24,27H,6,11-15H2,1-5H3. The van der Waals surface area contributed by atoms with Crippen LogP contribution < -0.4 is 14.2 Å². The third kappa shape index (κ3) is 6.41. The Morgan fingerprint density at radius 3 is 2.38 bits per heavy atom.